The molecule has 0 bridgehead atoms. The molecule has 0 radical (unpaired) electrons. The predicted molar refractivity (Wildman–Crippen MR) is 100 cm³/mol. The van der Waals surface area contributed by atoms with E-state index in [1.54, 1.807) is 0 Å². The summed E-state index contributed by atoms with van der Waals surface area (Å²) < 4.78 is 10.8. The molecule has 0 aliphatic carbocycles. The zero-order valence-electron chi connectivity index (χ0n) is 12.7. The average molecular weight is 337 g/mol. The summed E-state index contributed by atoms with van der Waals surface area (Å²) in [6.45, 7) is 4.42. The first-order chi connectivity index (χ1) is 9.69. The molecule has 20 heavy (non-hydrogen) atoms. The van der Waals surface area contributed by atoms with Gasteiger partial charge in [0.1, 0.15) is 21.0 Å². The second kappa shape index (κ2) is 10.0. The van der Waals surface area contributed by atoms with Crippen LogP contribution in [-0.2, 0) is 8.23 Å². The van der Waals surface area contributed by atoms with Crippen molar-refractivity contribution < 1.29 is 8.23 Å². The first-order valence-corrected chi connectivity index (χ1v) is 12.9. The van der Waals surface area contributed by atoms with Crippen LogP contribution in [0.4, 0.5) is 0 Å². The van der Waals surface area contributed by atoms with Crippen LogP contribution in [0.1, 0.15) is 0 Å². The molecule has 0 aromatic heterocycles. The molecule has 0 spiro atoms. The highest BCUT2D eigenvalue weighted by atomic mass is 28.3. The summed E-state index contributed by atoms with van der Waals surface area (Å²) in [5.41, 5.74) is 0. The fourth-order valence-electron chi connectivity index (χ4n) is 1.72. The van der Waals surface area contributed by atoms with Gasteiger partial charge in [-0.3, -0.25) is 0 Å². The van der Waals surface area contributed by atoms with Crippen LogP contribution in [0.15, 0.2) is 60.7 Å². The fraction of sp³-hybridized carbons (Fsp3) is 0.143. The van der Waals surface area contributed by atoms with Crippen LogP contribution >= 0.6 is 0 Å². The van der Waals surface area contributed by atoms with Crippen LogP contribution in [0.2, 0.25) is 13.1 Å². The van der Waals surface area contributed by atoms with Crippen LogP contribution in [-0.4, -0.2) is 39.1 Å². The zero-order chi connectivity index (χ0) is 14.8. The van der Waals surface area contributed by atoms with E-state index in [9.17, 15) is 0 Å². The lowest BCUT2D eigenvalue weighted by atomic mass is 10.4. The lowest BCUT2D eigenvalue weighted by Gasteiger charge is -2.06. The van der Waals surface area contributed by atoms with Crippen LogP contribution in [0.5, 0.6) is 0 Å². The van der Waals surface area contributed by atoms with Crippen molar-refractivity contribution in [2.24, 2.45) is 0 Å². The summed E-state index contributed by atoms with van der Waals surface area (Å²) in [7, 11) is -0.217. The van der Waals surface area contributed by atoms with E-state index in [-0.39, 0.29) is 0 Å². The molecule has 2 rings (SSSR count). The van der Waals surface area contributed by atoms with Crippen molar-refractivity contribution in [3.63, 3.8) is 0 Å². The van der Waals surface area contributed by atoms with Crippen molar-refractivity contribution in [2.45, 2.75) is 13.1 Å². The zero-order valence-corrected chi connectivity index (χ0v) is 19.1. The summed E-state index contributed by atoms with van der Waals surface area (Å²) in [5.74, 6) is 0. The van der Waals surface area contributed by atoms with Crippen molar-refractivity contribution in [1.82, 2.24) is 0 Å². The number of rotatable bonds is 4. The molecule has 0 saturated heterocycles. The van der Waals surface area contributed by atoms with Gasteiger partial charge in [0.25, 0.3) is 0 Å². The molecule has 0 aliphatic heterocycles. The maximum absolute atomic E-state index is 5.41. The highest BCUT2D eigenvalue weighted by Gasteiger charge is 2.02. The topological polar surface area (TPSA) is 18.5 Å². The predicted octanol–water partition coefficient (Wildman–Crippen LogP) is -0.912. The van der Waals surface area contributed by atoms with Crippen molar-refractivity contribution in [3.8, 4) is 0 Å². The molecule has 0 fully saturated rings. The molecular formula is C14H24O2Si4. The second-order valence-corrected chi connectivity index (χ2v) is 12.3. The molecule has 2 unspecified atom stereocenters. The van der Waals surface area contributed by atoms with Crippen molar-refractivity contribution in [2.75, 3.05) is 0 Å². The van der Waals surface area contributed by atoms with E-state index in [4.69, 9.17) is 8.23 Å². The van der Waals surface area contributed by atoms with Gasteiger partial charge in [0.2, 0.25) is 0 Å². The lowest BCUT2D eigenvalue weighted by molar-refractivity contribution is 0.654. The van der Waals surface area contributed by atoms with E-state index >= 15 is 0 Å². The molecule has 0 saturated carbocycles. The summed E-state index contributed by atoms with van der Waals surface area (Å²) in [6.07, 6.45) is 0. The Balaban J connectivity index is 0.000000200. The van der Waals surface area contributed by atoms with Gasteiger partial charge in [0.15, 0.2) is 18.1 Å². The number of benzene rings is 2. The van der Waals surface area contributed by atoms with E-state index in [0.717, 1.165) is 21.0 Å². The molecule has 6 heteroatoms. The van der Waals surface area contributed by atoms with E-state index in [1.807, 2.05) is 12.1 Å². The van der Waals surface area contributed by atoms with E-state index in [0.29, 0.717) is 0 Å². The molecule has 2 atom stereocenters. The highest BCUT2D eigenvalue weighted by Crippen LogP contribution is 1.88. The van der Waals surface area contributed by atoms with Gasteiger partial charge in [0.05, 0.1) is 0 Å². The normalized spacial score (nSPS) is 13.3. The van der Waals surface area contributed by atoms with Crippen molar-refractivity contribution >= 4 is 49.4 Å². The SMILES string of the molecule is C[SiH](O[SiH3])c1ccccc1.C[SiH](O[SiH3])c1ccccc1. The van der Waals surface area contributed by atoms with Gasteiger partial charge < -0.3 is 8.23 Å². The Morgan fingerprint density at radius 2 is 0.950 bits per heavy atom. The molecule has 2 aromatic carbocycles. The third-order valence-corrected chi connectivity index (χ3v) is 11.5. The Morgan fingerprint density at radius 1 is 0.650 bits per heavy atom. The Morgan fingerprint density at radius 3 is 1.20 bits per heavy atom. The van der Waals surface area contributed by atoms with Gasteiger partial charge in [-0.2, -0.15) is 0 Å². The van der Waals surface area contributed by atoms with Gasteiger partial charge in [-0.05, 0) is 23.5 Å². The van der Waals surface area contributed by atoms with Gasteiger partial charge in [0, 0.05) is 0 Å². The smallest absolute Gasteiger partial charge is 0.191 e. The first kappa shape index (κ1) is 17.3. The average Bonchev–Trinajstić information content (AvgIpc) is 2.55. The van der Waals surface area contributed by atoms with Gasteiger partial charge in [-0.25, -0.2) is 0 Å². The highest BCUT2D eigenvalue weighted by molar-refractivity contribution is 6.69. The van der Waals surface area contributed by atoms with Crippen molar-refractivity contribution in [1.29, 1.82) is 0 Å². The van der Waals surface area contributed by atoms with Crippen molar-refractivity contribution in [3.05, 3.63) is 60.7 Å². The second-order valence-electron chi connectivity index (χ2n) is 4.58. The Labute approximate surface area is 131 Å². The van der Waals surface area contributed by atoms with Gasteiger partial charge in [-0.1, -0.05) is 60.7 Å². The lowest BCUT2D eigenvalue weighted by Crippen LogP contribution is -2.28. The van der Waals surface area contributed by atoms with Crippen LogP contribution < -0.4 is 10.4 Å². The van der Waals surface area contributed by atoms with Crippen LogP contribution in [0.3, 0.4) is 0 Å². The van der Waals surface area contributed by atoms with Gasteiger partial charge in [-0.15, -0.1) is 0 Å². The molecule has 0 heterocycles. The summed E-state index contributed by atoms with van der Waals surface area (Å²) in [4.78, 5) is 0. The Hall–Kier alpha value is -0.772. The minimum Gasteiger partial charge on any atom is -0.463 e. The fourth-order valence-corrected chi connectivity index (χ4v) is 5.43. The Kier molecular flexibility index (Phi) is 8.66. The number of hydrogen-bond donors (Lipinski definition) is 0. The number of hydrogen-bond acceptors (Lipinski definition) is 2. The quantitative estimate of drug-likeness (QED) is 0.673. The summed E-state index contributed by atoms with van der Waals surface area (Å²) >= 11 is 0. The van der Waals surface area contributed by atoms with E-state index in [1.165, 1.54) is 10.4 Å². The van der Waals surface area contributed by atoms with Gasteiger partial charge >= 0.3 is 0 Å². The third kappa shape index (κ3) is 6.12. The molecular weight excluding hydrogens is 312 g/mol. The molecule has 0 aliphatic rings. The molecule has 0 amide bonds. The summed E-state index contributed by atoms with van der Waals surface area (Å²) in [5, 5.41) is 2.80. The largest absolute Gasteiger partial charge is 0.463 e. The van der Waals surface area contributed by atoms with Crippen LogP contribution in [0.25, 0.3) is 0 Å². The summed E-state index contributed by atoms with van der Waals surface area (Å²) in [6, 6.07) is 20.9. The standard InChI is InChI=1S/2C7H12OSi2/c2*1-10(8-9)7-5-3-2-4-6-7/h2*2-6,10H,1,9H3. The Bertz CT molecular complexity index is 422. The maximum Gasteiger partial charge on any atom is 0.191 e. The van der Waals surface area contributed by atoms with E-state index < -0.39 is 18.1 Å². The molecule has 2 nitrogen and oxygen atoms in total. The molecule has 0 N–H and O–H groups in total. The first-order valence-electron chi connectivity index (χ1n) is 6.84. The van der Waals surface area contributed by atoms with Crippen LogP contribution in [0, 0.1) is 0 Å². The van der Waals surface area contributed by atoms with E-state index in [2.05, 4.69) is 61.6 Å². The molecule has 108 valence electrons. The minimum atomic E-state index is -0.978. The molecule has 2 aromatic rings. The minimum absolute atomic E-state index is 0.869. The maximum atomic E-state index is 5.41. The monoisotopic (exact) mass is 336 g/mol. The third-order valence-electron chi connectivity index (χ3n) is 3.25.